The van der Waals surface area contributed by atoms with Gasteiger partial charge in [-0.2, -0.15) is 0 Å². The molecule has 1 saturated heterocycles. The molecule has 1 aliphatic rings. The van der Waals surface area contributed by atoms with Crippen molar-refractivity contribution < 1.29 is 9.90 Å². The third-order valence-electron chi connectivity index (χ3n) is 3.33. The van der Waals surface area contributed by atoms with E-state index in [4.69, 9.17) is 5.11 Å². The van der Waals surface area contributed by atoms with E-state index in [1.165, 1.54) is 25.7 Å². The van der Waals surface area contributed by atoms with E-state index in [-0.39, 0.29) is 12.0 Å². The number of hydrogen-bond donors (Lipinski definition) is 1. The van der Waals surface area contributed by atoms with Crippen LogP contribution in [0.5, 0.6) is 0 Å². The summed E-state index contributed by atoms with van der Waals surface area (Å²) in [5.41, 5.74) is 0. The van der Waals surface area contributed by atoms with Crippen LogP contribution in [0.4, 0.5) is 0 Å². The summed E-state index contributed by atoms with van der Waals surface area (Å²) < 4.78 is 0. The molecular weight excluding hydrogens is 178 g/mol. The molecule has 0 aromatic heterocycles. The van der Waals surface area contributed by atoms with E-state index in [1.54, 1.807) is 6.92 Å². The van der Waals surface area contributed by atoms with Crippen LogP contribution in [0.15, 0.2) is 0 Å². The predicted molar refractivity (Wildman–Crippen MR) is 56.3 cm³/mol. The molecule has 0 aliphatic carbocycles. The highest BCUT2D eigenvalue weighted by molar-refractivity contribution is 5.70. The standard InChI is InChI=1S/C11H21NO2/c1-9(11(13)14)10(2)12-7-5-3-4-6-8-12/h9-10H,3-8H2,1-2H3,(H,13,14). The van der Waals surface area contributed by atoms with Crippen LogP contribution in [0, 0.1) is 5.92 Å². The van der Waals surface area contributed by atoms with Gasteiger partial charge in [-0.05, 0) is 32.9 Å². The second-order valence-electron chi connectivity index (χ2n) is 4.32. The third kappa shape index (κ3) is 2.98. The molecule has 0 aromatic carbocycles. The van der Waals surface area contributed by atoms with Gasteiger partial charge in [0.25, 0.3) is 0 Å². The van der Waals surface area contributed by atoms with Crippen LogP contribution >= 0.6 is 0 Å². The van der Waals surface area contributed by atoms with Gasteiger partial charge in [0.05, 0.1) is 5.92 Å². The van der Waals surface area contributed by atoms with Crippen molar-refractivity contribution in [3.8, 4) is 0 Å². The zero-order chi connectivity index (χ0) is 10.6. The SMILES string of the molecule is CC(C(=O)O)C(C)N1CCCCCC1. The molecule has 0 aromatic rings. The fourth-order valence-corrected chi connectivity index (χ4v) is 2.02. The number of carboxylic acids is 1. The molecule has 0 spiro atoms. The number of carbonyl (C=O) groups is 1. The largest absolute Gasteiger partial charge is 0.481 e. The highest BCUT2D eigenvalue weighted by Gasteiger charge is 2.25. The molecule has 82 valence electrons. The molecule has 1 N–H and O–H groups in total. The quantitative estimate of drug-likeness (QED) is 0.755. The molecule has 1 fully saturated rings. The maximum absolute atomic E-state index is 10.8. The summed E-state index contributed by atoms with van der Waals surface area (Å²) in [5, 5.41) is 8.93. The van der Waals surface area contributed by atoms with E-state index >= 15 is 0 Å². The van der Waals surface area contributed by atoms with E-state index < -0.39 is 5.97 Å². The fraction of sp³-hybridized carbons (Fsp3) is 0.909. The summed E-state index contributed by atoms with van der Waals surface area (Å²) in [6, 6.07) is 0.172. The number of carboxylic acid groups (broad SMARTS) is 1. The summed E-state index contributed by atoms with van der Waals surface area (Å²) in [6.07, 6.45) is 5.03. The van der Waals surface area contributed by atoms with Gasteiger partial charge in [0.15, 0.2) is 0 Å². The third-order valence-corrected chi connectivity index (χ3v) is 3.33. The molecule has 14 heavy (non-hydrogen) atoms. The summed E-state index contributed by atoms with van der Waals surface area (Å²) in [7, 11) is 0. The van der Waals surface area contributed by atoms with Gasteiger partial charge in [-0.3, -0.25) is 9.69 Å². The Morgan fingerprint density at radius 3 is 2.07 bits per heavy atom. The smallest absolute Gasteiger partial charge is 0.307 e. The van der Waals surface area contributed by atoms with E-state index in [1.807, 2.05) is 6.92 Å². The molecule has 0 amide bonds. The van der Waals surface area contributed by atoms with Gasteiger partial charge >= 0.3 is 5.97 Å². The second-order valence-corrected chi connectivity index (χ2v) is 4.32. The zero-order valence-electron chi connectivity index (χ0n) is 9.20. The Kier molecular flexibility index (Phi) is 4.39. The van der Waals surface area contributed by atoms with Crippen molar-refractivity contribution in [3.05, 3.63) is 0 Å². The van der Waals surface area contributed by atoms with Crippen LogP contribution in [0.2, 0.25) is 0 Å². The summed E-state index contributed by atoms with van der Waals surface area (Å²) >= 11 is 0. The Morgan fingerprint density at radius 2 is 1.64 bits per heavy atom. The molecule has 2 atom stereocenters. The lowest BCUT2D eigenvalue weighted by Gasteiger charge is -2.30. The van der Waals surface area contributed by atoms with Crippen molar-refractivity contribution in [3.63, 3.8) is 0 Å². The van der Waals surface area contributed by atoms with Crippen molar-refractivity contribution in [2.75, 3.05) is 13.1 Å². The first kappa shape index (κ1) is 11.5. The van der Waals surface area contributed by atoms with Crippen LogP contribution in [-0.2, 0) is 4.79 Å². The molecule has 1 rings (SSSR count). The first-order chi connectivity index (χ1) is 6.63. The van der Waals surface area contributed by atoms with Crippen molar-refractivity contribution in [2.45, 2.75) is 45.6 Å². The Balaban J connectivity index is 2.48. The van der Waals surface area contributed by atoms with Crippen LogP contribution < -0.4 is 0 Å². The minimum Gasteiger partial charge on any atom is -0.481 e. The van der Waals surface area contributed by atoms with Gasteiger partial charge in [0.1, 0.15) is 0 Å². The maximum atomic E-state index is 10.8. The first-order valence-electron chi connectivity index (χ1n) is 5.60. The van der Waals surface area contributed by atoms with Crippen molar-refractivity contribution >= 4 is 5.97 Å². The highest BCUT2D eigenvalue weighted by Crippen LogP contribution is 2.17. The Labute approximate surface area is 86.1 Å². The summed E-state index contributed by atoms with van der Waals surface area (Å²) in [4.78, 5) is 13.2. The van der Waals surface area contributed by atoms with E-state index in [9.17, 15) is 4.79 Å². The molecular formula is C11H21NO2. The average Bonchev–Trinajstić information content (AvgIpc) is 2.43. The molecule has 3 nitrogen and oxygen atoms in total. The minimum atomic E-state index is -0.679. The number of rotatable bonds is 3. The molecule has 3 heteroatoms. The highest BCUT2D eigenvalue weighted by atomic mass is 16.4. The van der Waals surface area contributed by atoms with Crippen LogP contribution in [0.25, 0.3) is 0 Å². The zero-order valence-corrected chi connectivity index (χ0v) is 9.20. The maximum Gasteiger partial charge on any atom is 0.307 e. The van der Waals surface area contributed by atoms with Gasteiger partial charge in [0, 0.05) is 6.04 Å². The van der Waals surface area contributed by atoms with E-state index in [2.05, 4.69) is 4.90 Å². The summed E-state index contributed by atoms with van der Waals surface area (Å²) in [6.45, 7) is 5.97. The van der Waals surface area contributed by atoms with Crippen molar-refractivity contribution in [1.29, 1.82) is 0 Å². The van der Waals surface area contributed by atoms with Crippen molar-refractivity contribution in [1.82, 2.24) is 4.90 Å². The monoisotopic (exact) mass is 199 g/mol. The Hall–Kier alpha value is -0.570. The van der Waals surface area contributed by atoms with Gasteiger partial charge in [-0.15, -0.1) is 0 Å². The van der Waals surface area contributed by atoms with E-state index in [0.717, 1.165) is 13.1 Å². The average molecular weight is 199 g/mol. The lowest BCUT2D eigenvalue weighted by atomic mass is 10.0. The Bertz CT molecular complexity index is 186. The van der Waals surface area contributed by atoms with Crippen LogP contribution in [-0.4, -0.2) is 35.1 Å². The lowest BCUT2D eigenvalue weighted by molar-refractivity contribution is -0.143. The molecule has 0 saturated carbocycles. The second kappa shape index (κ2) is 5.35. The number of likely N-dealkylation sites (tertiary alicyclic amines) is 1. The van der Waals surface area contributed by atoms with Crippen LogP contribution in [0.3, 0.4) is 0 Å². The molecule has 1 aliphatic heterocycles. The van der Waals surface area contributed by atoms with E-state index in [0.29, 0.717) is 0 Å². The lowest BCUT2D eigenvalue weighted by Crippen LogP contribution is -2.41. The van der Waals surface area contributed by atoms with Crippen LogP contribution in [0.1, 0.15) is 39.5 Å². The first-order valence-corrected chi connectivity index (χ1v) is 5.60. The molecule has 0 bridgehead atoms. The van der Waals surface area contributed by atoms with Gasteiger partial charge in [-0.1, -0.05) is 19.8 Å². The minimum absolute atomic E-state index is 0.172. The van der Waals surface area contributed by atoms with Crippen molar-refractivity contribution in [2.24, 2.45) is 5.92 Å². The topological polar surface area (TPSA) is 40.5 Å². The fourth-order valence-electron chi connectivity index (χ4n) is 2.02. The van der Waals surface area contributed by atoms with Gasteiger partial charge in [-0.25, -0.2) is 0 Å². The predicted octanol–water partition coefficient (Wildman–Crippen LogP) is 1.97. The number of nitrogens with zero attached hydrogens (tertiary/aromatic N) is 1. The molecule has 0 radical (unpaired) electrons. The van der Waals surface area contributed by atoms with Gasteiger partial charge < -0.3 is 5.11 Å². The molecule has 1 heterocycles. The summed E-state index contributed by atoms with van der Waals surface area (Å²) in [5.74, 6) is -0.935. The molecule has 2 unspecified atom stereocenters. The number of aliphatic carboxylic acids is 1. The van der Waals surface area contributed by atoms with Gasteiger partial charge in [0.2, 0.25) is 0 Å². The normalized spacial score (nSPS) is 23.9. The Morgan fingerprint density at radius 1 is 1.14 bits per heavy atom. The number of hydrogen-bond acceptors (Lipinski definition) is 2.